The number of anilines is 1. The second-order valence-electron chi connectivity index (χ2n) is 7.86. The van der Waals surface area contributed by atoms with E-state index in [0.717, 1.165) is 28.9 Å². The molecule has 8 heteroatoms. The van der Waals surface area contributed by atoms with Gasteiger partial charge in [-0.05, 0) is 78.6 Å². The van der Waals surface area contributed by atoms with E-state index < -0.39 is 15.9 Å². The van der Waals surface area contributed by atoms with Gasteiger partial charge in [0.15, 0.2) is 0 Å². The normalized spacial score (nSPS) is 11.4. The van der Waals surface area contributed by atoms with Gasteiger partial charge in [0.1, 0.15) is 5.75 Å². The quantitative estimate of drug-likeness (QED) is 0.342. The minimum absolute atomic E-state index is 0.212. The van der Waals surface area contributed by atoms with Crippen molar-refractivity contribution in [1.82, 2.24) is 5.43 Å². The van der Waals surface area contributed by atoms with Crippen molar-refractivity contribution >= 4 is 27.8 Å². The molecule has 7 nitrogen and oxygen atoms in total. The molecule has 0 aliphatic heterocycles. The summed E-state index contributed by atoms with van der Waals surface area (Å²) in [6, 6.07) is 21.4. The second kappa shape index (κ2) is 11.5. The predicted octanol–water partition coefficient (Wildman–Crippen LogP) is 4.51. The van der Waals surface area contributed by atoms with Crippen molar-refractivity contribution in [1.29, 1.82) is 0 Å². The molecular weight excluding hydrogens is 450 g/mol. The van der Waals surface area contributed by atoms with Crippen LogP contribution in [0.4, 0.5) is 5.69 Å². The predicted molar refractivity (Wildman–Crippen MR) is 136 cm³/mol. The first-order valence-corrected chi connectivity index (χ1v) is 12.8. The molecule has 0 fully saturated rings. The van der Waals surface area contributed by atoms with Gasteiger partial charge in [0, 0.05) is 5.56 Å². The van der Waals surface area contributed by atoms with Crippen molar-refractivity contribution in [3.63, 3.8) is 0 Å². The summed E-state index contributed by atoms with van der Waals surface area (Å²) in [7, 11) is -3.52. The maximum absolute atomic E-state index is 12.4. The Balaban J connectivity index is 1.65. The molecule has 0 radical (unpaired) electrons. The molecule has 3 rings (SSSR count). The molecule has 0 aliphatic rings. The SMILES string of the molecule is CCCOc1ccc(/C=N\NC(=O)c2ccc(N(Cc3ccccc3C)S(C)(=O)=O)cc2)cc1. The highest BCUT2D eigenvalue weighted by Crippen LogP contribution is 2.22. The van der Waals surface area contributed by atoms with E-state index in [1.54, 1.807) is 30.5 Å². The molecule has 0 bridgehead atoms. The lowest BCUT2D eigenvalue weighted by molar-refractivity contribution is 0.0955. The average molecular weight is 480 g/mol. The Morgan fingerprint density at radius 3 is 2.32 bits per heavy atom. The van der Waals surface area contributed by atoms with E-state index in [4.69, 9.17) is 4.74 Å². The number of hydrogen-bond acceptors (Lipinski definition) is 5. The van der Waals surface area contributed by atoms with Crippen LogP contribution in [0.25, 0.3) is 0 Å². The fourth-order valence-corrected chi connectivity index (χ4v) is 4.10. The minimum Gasteiger partial charge on any atom is -0.494 e. The summed E-state index contributed by atoms with van der Waals surface area (Å²) in [5, 5.41) is 4.00. The molecule has 3 aromatic rings. The Morgan fingerprint density at radius 2 is 1.71 bits per heavy atom. The van der Waals surface area contributed by atoms with Crippen molar-refractivity contribution in [2.75, 3.05) is 17.2 Å². The van der Waals surface area contributed by atoms with Crippen LogP contribution in [-0.4, -0.2) is 33.4 Å². The number of hydrogen-bond donors (Lipinski definition) is 1. The summed E-state index contributed by atoms with van der Waals surface area (Å²) >= 11 is 0. The van der Waals surface area contributed by atoms with E-state index in [2.05, 4.69) is 10.5 Å². The maximum Gasteiger partial charge on any atom is 0.271 e. The lowest BCUT2D eigenvalue weighted by Gasteiger charge is -2.23. The van der Waals surface area contributed by atoms with E-state index in [1.165, 1.54) is 10.6 Å². The number of rotatable bonds is 10. The standard InChI is InChI=1S/C26H29N3O4S/c1-4-17-33-25-15-9-21(10-16-25)18-27-28-26(30)22-11-13-24(14-12-22)29(34(3,31)32)19-23-8-6-5-7-20(23)2/h5-16,18H,4,17,19H2,1-3H3,(H,28,30)/b27-18-. The van der Waals surface area contributed by atoms with Gasteiger partial charge in [-0.15, -0.1) is 0 Å². The van der Waals surface area contributed by atoms with Crippen molar-refractivity contribution in [2.24, 2.45) is 5.10 Å². The molecule has 0 aromatic heterocycles. The van der Waals surface area contributed by atoms with Crippen LogP contribution in [0.15, 0.2) is 77.9 Å². The molecule has 3 aromatic carbocycles. The van der Waals surface area contributed by atoms with Crippen LogP contribution in [0.3, 0.4) is 0 Å². The third-order valence-electron chi connectivity index (χ3n) is 5.13. The number of nitrogens with one attached hydrogen (secondary N) is 1. The number of amides is 1. The number of nitrogens with zero attached hydrogens (tertiary/aromatic N) is 2. The van der Waals surface area contributed by atoms with Crippen LogP contribution in [0.1, 0.15) is 40.4 Å². The van der Waals surface area contributed by atoms with Gasteiger partial charge in [-0.1, -0.05) is 31.2 Å². The summed E-state index contributed by atoms with van der Waals surface area (Å²) in [5.41, 5.74) is 6.08. The van der Waals surface area contributed by atoms with E-state index in [1.807, 2.05) is 62.4 Å². The Kier molecular flexibility index (Phi) is 8.43. The number of sulfonamides is 1. The first-order valence-electron chi connectivity index (χ1n) is 11.0. The van der Waals surface area contributed by atoms with E-state index in [0.29, 0.717) is 17.9 Å². The summed E-state index contributed by atoms with van der Waals surface area (Å²) in [4.78, 5) is 12.4. The number of benzene rings is 3. The van der Waals surface area contributed by atoms with Gasteiger partial charge in [0.25, 0.3) is 5.91 Å². The van der Waals surface area contributed by atoms with Gasteiger partial charge >= 0.3 is 0 Å². The third kappa shape index (κ3) is 6.92. The van der Waals surface area contributed by atoms with Gasteiger partial charge in [-0.3, -0.25) is 9.10 Å². The first kappa shape index (κ1) is 25.0. The fraction of sp³-hybridized carbons (Fsp3) is 0.231. The average Bonchev–Trinajstić information content (AvgIpc) is 2.82. The molecule has 0 heterocycles. The van der Waals surface area contributed by atoms with Crippen molar-refractivity contribution < 1.29 is 17.9 Å². The molecule has 178 valence electrons. The Bertz CT molecular complexity index is 1240. The molecule has 0 spiro atoms. The van der Waals surface area contributed by atoms with Crippen molar-refractivity contribution in [3.8, 4) is 5.75 Å². The smallest absolute Gasteiger partial charge is 0.271 e. The topological polar surface area (TPSA) is 88.1 Å². The van der Waals surface area contributed by atoms with E-state index in [9.17, 15) is 13.2 Å². The number of carbonyl (C=O) groups excluding carboxylic acids is 1. The number of ether oxygens (including phenoxy) is 1. The zero-order valence-electron chi connectivity index (χ0n) is 19.6. The first-order chi connectivity index (χ1) is 16.3. The molecule has 0 atom stereocenters. The zero-order valence-corrected chi connectivity index (χ0v) is 20.4. The second-order valence-corrected chi connectivity index (χ2v) is 9.77. The summed E-state index contributed by atoms with van der Waals surface area (Å²) in [6.07, 6.45) is 3.65. The zero-order chi connectivity index (χ0) is 24.6. The molecule has 0 unspecified atom stereocenters. The molecule has 0 aliphatic carbocycles. The largest absolute Gasteiger partial charge is 0.494 e. The molecular formula is C26H29N3O4S. The Morgan fingerprint density at radius 1 is 1.03 bits per heavy atom. The highest BCUT2D eigenvalue weighted by Gasteiger charge is 2.19. The number of aryl methyl sites for hydroxylation is 1. The molecule has 1 N–H and O–H groups in total. The lowest BCUT2D eigenvalue weighted by atomic mass is 10.1. The van der Waals surface area contributed by atoms with E-state index >= 15 is 0 Å². The minimum atomic E-state index is -3.52. The van der Waals surface area contributed by atoms with Crippen molar-refractivity contribution in [3.05, 3.63) is 95.1 Å². The van der Waals surface area contributed by atoms with Gasteiger partial charge in [0.2, 0.25) is 10.0 Å². The van der Waals surface area contributed by atoms with Crippen molar-refractivity contribution in [2.45, 2.75) is 26.8 Å². The summed E-state index contributed by atoms with van der Waals surface area (Å²) in [5.74, 6) is 0.393. The van der Waals surface area contributed by atoms with E-state index in [-0.39, 0.29) is 6.54 Å². The van der Waals surface area contributed by atoms with Gasteiger partial charge in [-0.25, -0.2) is 13.8 Å². The van der Waals surface area contributed by atoms with Crippen LogP contribution < -0.4 is 14.5 Å². The summed E-state index contributed by atoms with van der Waals surface area (Å²) < 4.78 is 31.7. The Labute approximate surface area is 201 Å². The fourth-order valence-electron chi connectivity index (χ4n) is 3.22. The van der Waals surface area contributed by atoms with Gasteiger partial charge in [0.05, 0.1) is 31.3 Å². The molecule has 34 heavy (non-hydrogen) atoms. The monoisotopic (exact) mass is 479 g/mol. The lowest BCUT2D eigenvalue weighted by Crippen LogP contribution is -2.29. The third-order valence-corrected chi connectivity index (χ3v) is 6.27. The highest BCUT2D eigenvalue weighted by molar-refractivity contribution is 7.92. The van der Waals surface area contributed by atoms with Crippen LogP contribution in [0.5, 0.6) is 5.75 Å². The van der Waals surface area contributed by atoms with Crippen LogP contribution in [-0.2, 0) is 16.6 Å². The van der Waals surface area contributed by atoms with Gasteiger partial charge in [-0.2, -0.15) is 5.10 Å². The van der Waals surface area contributed by atoms with Crippen LogP contribution >= 0.6 is 0 Å². The maximum atomic E-state index is 12.4. The number of carbonyl (C=O) groups is 1. The highest BCUT2D eigenvalue weighted by atomic mass is 32.2. The molecule has 1 amide bonds. The Hall–Kier alpha value is -3.65. The van der Waals surface area contributed by atoms with Crippen LogP contribution in [0.2, 0.25) is 0 Å². The summed E-state index contributed by atoms with van der Waals surface area (Å²) in [6.45, 7) is 4.86. The molecule has 0 saturated carbocycles. The van der Waals surface area contributed by atoms with Gasteiger partial charge < -0.3 is 4.74 Å². The molecule has 0 saturated heterocycles. The number of hydrazone groups is 1. The van der Waals surface area contributed by atoms with Crippen LogP contribution in [0, 0.1) is 6.92 Å².